The highest BCUT2D eigenvalue weighted by atomic mass is 32.1. The van der Waals surface area contributed by atoms with Gasteiger partial charge in [0.2, 0.25) is 11.8 Å². The predicted octanol–water partition coefficient (Wildman–Crippen LogP) is 3.10. The van der Waals surface area contributed by atoms with Gasteiger partial charge in [-0.05, 0) is 36.3 Å². The van der Waals surface area contributed by atoms with E-state index in [9.17, 15) is 9.59 Å². The molecular formula is C22H30N4O2S. The largest absolute Gasteiger partial charge is 0.350 e. The molecular weight excluding hydrogens is 384 g/mol. The van der Waals surface area contributed by atoms with Crippen LogP contribution in [0.25, 0.3) is 10.4 Å². The normalized spacial score (nSPS) is 18.0. The molecule has 0 bridgehead atoms. The summed E-state index contributed by atoms with van der Waals surface area (Å²) in [5.41, 5.74) is 10.8. The van der Waals surface area contributed by atoms with Gasteiger partial charge in [0.15, 0.2) is 0 Å². The number of nitrogens with zero attached hydrogens (tertiary/aromatic N) is 2. The third-order valence-corrected chi connectivity index (χ3v) is 6.44. The van der Waals surface area contributed by atoms with Gasteiger partial charge in [-0.1, -0.05) is 45.0 Å². The SMILES string of the molecule is Cc1ncsc1-c1ccc(CNC(=O)C2CCCN2C(=O)[C@@H](N)C(C)(C)C)cc1. The fourth-order valence-electron chi connectivity index (χ4n) is 3.51. The molecule has 0 spiro atoms. The van der Waals surface area contributed by atoms with Gasteiger partial charge in [-0.25, -0.2) is 4.98 Å². The number of rotatable bonds is 5. The van der Waals surface area contributed by atoms with Gasteiger partial charge >= 0.3 is 0 Å². The van der Waals surface area contributed by atoms with Crippen LogP contribution in [0.15, 0.2) is 29.8 Å². The number of benzene rings is 1. The second kappa shape index (κ2) is 8.63. The van der Waals surface area contributed by atoms with E-state index < -0.39 is 12.1 Å². The van der Waals surface area contributed by atoms with Crippen molar-refractivity contribution in [2.45, 2.75) is 59.2 Å². The molecule has 29 heavy (non-hydrogen) atoms. The van der Waals surface area contributed by atoms with Crippen molar-refractivity contribution in [3.05, 3.63) is 41.0 Å². The smallest absolute Gasteiger partial charge is 0.243 e. The van der Waals surface area contributed by atoms with Gasteiger partial charge < -0.3 is 16.0 Å². The number of hydrogen-bond donors (Lipinski definition) is 2. The summed E-state index contributed by atoms with van der Waals surface area (Å²) < 4.78 is 0. The summed E-state index contributed by atoms with van der Waals surface area (Å²) >= 11 is 1.62. The number of nitrogens with one attached hydrogen (secondary N) is 1. The number of nitrogens with two attached hydrogens (primary N) is 1. The van der Waals surface area contributed by atoms with Crippen LogP contribution in [-0.4, -0.2) is 40.3 Å². The lowest BCUT2D eigenvalue weighted by atomic mass is 9.86. The van der Waals surface area contributed by atoms with Crippen LogP contribution < -0.4 is 11.1 Å². The van der Waals surface area contributed by atoms with E-state index in [1.807, 2.05) is 45.3 Å². The Labute approximate surface area is 176 Å². The zero-order valence-corrected chi connectivity index (χ0v) is 18.4. The van der Waals surface area contributed by atoms with Gasteiger partial charge in [-0.3, -0.25) is 9.59 Å². The molecule has 0 radical (unpaired) electrons. The number of aromatic nitrogens is 1. The van der Waals surface area contributed by atoms with Gasteiger partial charge in [0.05, 0.1) is 22.1 Å². The Morgan fingerprint density at radius 1 is 1.31 bits per heavy atom. The van der Waals surface area contributed by atoms with Crippen molar-refractivity contribution in [1.82, 2.24) is 15.2 Å². The molecule has 1 aromatic heterocycles. The summed E-state index contributed by atoms with van der Waals surface area (Å²) in [6, 6.07) is 7.09. The molecule has 0 saturated carbocycles. The minimum Gasteiger partial charge on any atom is -0.350 e. The lowest BCUT2D eigenvalue weighted by Crippen LogP contribution is -2.54. The van der Waals surface area contributed by atoms with Gasteiger partial charge in [0, 0.05) is 13.1 Å². The molecule has 2 heterocycles. The molecule has 1 unspecified atom stereocenters. The Hall–Kier alpha value is -2.25. The maximum absolute atomic E-state index is 12.8. The number of hydrogen-bond acceptors (Lipinski definition) is 5. The maximum atomic E-state index is 12.8. The molecule has 1 fully saturated rings. The lowest BCUT2D eigenvalue weighted by Gasteiger charge is -2.32. The van der Waals surface area contributed by atoms with E-state index >= 15 is 0 Å². The molecule has 3 rings (SSSR count). The van der Waals surface area contributed by atoms with Crippen LogP contribution >= 0.6 is 11.3 Å². The molecule has 1 aromatic carbocycles. The minimum absolute atomic E-state index is 0.112. The van der Waals surface area contributed by atoms with Crippen molar-refractivity contribution in [2.75, 3.05) is 6.54 Å². The Bertz CT molecular complexity index is 870. The van der Waals surface area contributed by atoms with Crippen LogP contribution in [0.1, 0.15) is 44.9 Å². The van der Waals surface area contributed by atoms with Gasteiger partial charge in [0.1, 0.15) is 6.04 Å². The summed E-state index contributed by atoms with van der Waals surface area (Å²) in [6.45, 7) is 8.85. The van der Waals surface area contributed by atoms with Crippen LogP contribution in [0, 0.1) is 12.3 Å². The van der Waals surface area contributed by atoms with Crippen LogP contribution in [0.3, 0.4) is 0 Å². The fraction of sp³-hybridized carbons (Fsp3) is 0.500. The van der Waals surface area contributed by atoms with Crippen molar-refractivity contribution >= 4 is 23.2 Å². The van der Waals surface area contributed by atoms with E-state index in [1.165, 1.54) is 0 Å². The number of amides is 2. The molecule has 7 heteroatoms. The average Bonchev–Trinajstić information content (AvgIpc) is 3.33. The van der Waals surface area contributed by atoms with E-state index in [1.54, 1.807) is 16.2 Å². The minimum atomic E-state index is -0.612. The maximum Gasteiger partial charge on any atom is 0.243 e. The molecule has 1 aliphatic rings. The second-order valence-electron chi connectivity index (χ2n) is 8.71. The number of thiazole rings is 1. The molecule has 1 aliphatic heterocycles. The first-order valence-corrected chi connectivity index (χ1v) is 10.9. The highest BCUT2D eigenvalue weighted by Crippen LogP contribution is 2.27. The van der Waals surface area contributed by atoms with E-state index in [2.05, 4.69) is 22.4 Å². The van der Waals surface area contributed by atoms with E-state index in [4.69, 9.17) is 5.73 Å². The van der Waals surface area contributed by atoms with E-state index in [-0.39, 0.29) is 17.2 Å². The van der Waals surface area contributed by atoms with Crippen LogP contribution in [0.2, 0.25) is 0 Å². The standard InChI is InChI=1S/C22H30N4O2S/c1-14-18(29-13-25-14)16-9-7-15(8-10-16)12-24-20(27)17-6-5-11-26(17)21(28)19(23)22(2,3)4/h7-10,13,17,19H,5-6,11-12,23H2,1-4H3,(H,24,27)/t17?,19-/m1/s1. The monoisotopic (exact) mass is 414 g/mol. The topological polar surface area (TPSA) is 88.3 Å². The highest BCUT2D eigenvalue weighted by molar-refractivity contribution is 7.13. The molecule has 2 atom stereocenters. The molecule has 156 valence electrons. The number of aryl methyl sites for hydroxylation is 1. The quantitative estimate of drug-likeness (QED) is 0.787. The number of carbonyl (C=O) groups is 2. The van der Waals surface area contributed by atoms with Crippen molar-refractivity contribution in [3.8, 4) is 10.4 Å². The zero-order valence-electron chi connectivity index (χ0n) is 17.6. The highest BCUT2D eigenvalue weighted by Gasteiger charge is 2.39. The Kier molecular flexibility index (Phi) is 6.39. The molecule has 2 amide bonds. The molecule has 1 saturated heterocycles. The first-order chi connectivity index (χ1) is 13.7. The van der Waals surface area contributed by atoms with Gasteiger partial charge in [0.25, 0.3) is 0 Å². The van der Waals surface area contributed by atoms with Crippen molar-refractivity contribution < 1.29 is 9.59 Å². The number of carbonyl (C=O) groups excluding carboxylic acids is 2. The Balaban J connectivity index is 1.60. The first kappa shape index (κ1) is 21.5. The van der Waals surface area contributed by atoms with Crippen molar-refractivity contribution in [1.29, 1.82) is 0 Å². The first-order valence-electron chi connectivity index (χ1n) is 10.0. The molecule has 0 aliphatic carbocycles. The molecule has 6 nitrogen and oxygen atoms in total. The van der Waals surface area contributed by atoms with Crippen LogP contribution in [-0.2, 0) is 16.1 Å². The lowest BCUT2D eigenvalue weighted by molar-refractivity contribution is -0.141. The molecule has 2 aromatic rings. The summed E-state index contributed by atoms with van der Waals surface area (Å²) in [5.74, 6) is -0.251. The average molecular weight is 415 g/mol. The van der Waals surface area contributed by atoms with Gasteiger partial charge in [-0.15, -0.1) is 11.3 Å². The summed E-state index contributed by atoms with van der Waals surface area (Å²) in [6.07, 6.45) is 1.50. The van der Waals surface area contributed by atoms with Crippen LogP contribution in [0.4, 0.5) is 0 Å². The second-order valence-corrected chi connectivity index (χ2v) is 9.57. The molecule has 3 N–H and O–H groups in total. The summed E-state index contributed by atoms with van der Waals surface area (Å²) in [5, 5.41) is 2.99. The number of likely N-dealkylation sites (tertiary alicyclic amines) is 1. The van der Waals surface area contributed by atoms with Gasteiger partial charge in [-0.2, -0.15) is 0 Å². The van der Waals surface area contributed by atoms with Crippen molar-refractivity contribution in [3.63, 3.8) is 0 Å². The third kappa shape index (κ3) is 4.85. The third-order valence-electron chi connectivity index (χ3n) is 5.47. The summed E-state index contributed by atoms with van der Waals surface area (Å²) in [7, 11) is 0. The summed E-state index contributed by atoms with van der Waals surface area (Å²) in [4.78, 5) is 32.6. The fourth-order valence-corrected chi connectivity index (χ4v) is 4.32. The van der Waals surface area contributed by atoms with Crippen LogP contribution in [0.5, 0.6) is 0 Å². The van der Waals surface area contributed by atoms with Crippen molar-refractivity contribution in [2.24, 2.45) is 11.1 Å². The Morgan fingerprint density at radius 2 is 2.00 bits per heavy atom. The van der Waals surface area contributed by atoms with E-state index in [0.29, 0.717) is 19.5 Å². The predicted molar refractivity (Wildman–Crippen MR) is 116 cm³/mol. The van der Waals surface area contributed by atoms with E-state index in [0.717, 1.165) is 28.1 Å². The Morgan fingerprint density at radius 3 is 2.59 bits per heavy atom. The zero-order chi connectivity index (χ0) is 21.2.